The van der Waals surface area contributed by atoms with Gasteiger partial charge in [-0.2, -0.15) is 0 Å². The number of carbonyl (C=O) groups excluding carboxylic acids is 2. The molecule has 0 aliphatic carbocycles. The van der Waals surface area contributed by atoms with E-state index >= 15 is 0 Å². The molecule has 0 fully saturated rings. The van der Waals surface area contributed by atoms with Gasteiger partial charge in [0.05, 0.1) is 11.3 Å². The Morgan fingerprint density at radius 3 is 2.23 bits per heavy atom. The fourth-order valence-electron chi connectivity index (χ4n) is 3.81. The van der Waals surface area contributed by atoms with E-state index in [1.165, 1.54) is 24.3 Å². The van der Waals surface area contributed by atoms with Gasteiger partial charge < -0.3 is 10.5 Å². The van der Waals surface area contributed by atoms with Gasteiger partial charge in [0.25, 0.3) is 11.8 Å². The second-order valence-electron chi connectivity index (χ2n) is 7.63. The monoisotopic (exact) mass is 413 g/mol. The third kappa shape index (κ3) is 3.88. The van der Waals surface area contributed by atoms with Gasteiger partial charge in [0.1, 0.15) is 5.75 Å². The van der Waals surface area contributed by atoms with E-state index in [4.69, 9.17) is 0 Å². The Labute approximate surface area is 180 Å². The molecule has 1 heterocycles. The summed E-state index contributed by atoms with van der Waals surface area (Å²) in [6, 6.07) is 19.6. The lowest BCUT2D eigenvalue weighted by atomic mass is 10.1. The summed E-state index contributed by atoms with van der Waals surface area (Å²) in [4.78, 5) is 27.6. The molecule has 4 rings (SSSR count). The maximum Gasteiger partial charge on any atom is 0.269 e. The van der Waals surface area contributed by atoms with Crippen LogP contribution in [0.5, 0.6) is 5.75 Å². The van der Waals surface area contributed by atoms with E-state index in [1.54, 1.807) is 11.8 Å². The molecule has 3 N–H and O–H groups in total. The van der Waals surface area contributed by atoms with E-state index in [0.717, 1.165) is 28.1 Å². The molecule has 0 radical (unpaired) electrons. The number of amides is 2. The molecule has 0 saturated heterocycles. The number of hydrogen-bond donors (Lipinski definition) is 3. The van der Waals surface area contributed by atoms with Crippen LogP contribution in [0, 0.1) is 13.8 Å². The summed E-state index contributed by atoms with van der Waals surface area (Å²) in [5.41, 5.74) is 11.5. The van der Waals surface area contributed by atoms with Crippen LogP contribution in [0.15, 0.2) is 72.4 Å². The number of phenolic OH excluding ortho intramolecular Hbond substituents is 1. The van der Waals surface area contributed by atoms with Gasteiger partial charge >= 0.3 is 0 Å². The fraction of sp³-hybridized carbons (Fsp3) is 0.120. The number of aromatic hydroxyl groups is 1. The van der Waals surface area contributed by atoms with Crippen molar-refractivity contribution >= 4 is 28.8 Å². The Hall–Kier alpha value is -4.06. The van der Waals surface area contributed by atoms with Crippen LogP contribution in [-0.2, 0) is 4.79 Å². The lowest BCUT2D eigenvalue weighted by Gasteiger charge is -2.19. The third-order valence-electron chi connectivity index (χ3n) is 5.16. The first-order valence-corrected chi connectivity index (χ1v) is 9.93. The summed E-state index contributed by atoms with van der Waals surface area (Å²) in [6.07, 6.45) is 0. The topological polar surface area (TPSA) is 81.7 Å². The van der Waals surface area contributed by atoms with E-state index in [2.05, 4.69) is 16.9 Å². The van der Waals surface area contributed by atoms with Gasteiger partial charge in [-0.05, 0) is 74.4 Å². The number of nitrogens with zero attached hydrogens (tertiary/aromatic N) is 1. The highest BCUT2D eigenvalue weighted by Gasteiger charge is 2.35. The molecule has 1 aliphatic heterocycles. The molecule has 3 aromatic rings. The summed E-state index contributed by atoms with van der Waals surface area (Å²) in [7, 11) is 0. The standard InChI is InChI=1S/C25H23N3O3/c1-15-12-16(2)14-19(13-15)28-22-7-5-4-6-21(22)23(25(28)31)17(3)26-27-24(30)18-8-10-20(29)11-9-18/h4-14,26,29H,1-3H3,(H,27,30)/b23-17-. The van der Waals surface area contributed by atoms with Gasteiger partial charge in [-0.1, -0.05) is 24.3 Å². The fourth-order valence-corrected chi connectivity index (χ4v) is 3.81. The second kappa shape index (κ2) is 7.99. The molecule has 3 aromatic carbocycles. The second-order valence-corrected chi connectivity index (χ2v) is 7.63. The first-order chi connectivity index (χ1) is 14.8. The normalized spacial score (nSPS) is 14.3. The molecule has 0 spiro atoms. The number of rotatable bonds is 4. The Morgan fingerprint density at radius 2 is 1.55 bits per heavy atom. The van der Waals surface area contributed by atoms with Gasteiger partial charge in [0.2, 0.25) is 0 Å². The van der Waals surface area contributed by atoms with Crippen LogP contribution in [0.3, 0.4) is 0 Å². The Kier molecular flexibility index (Phi) is 5.21. The molecule has 0 saturated carbocycles. The highest BCUT2D eigenvalue weighted by Crippen LogP contribution is 2.42. The van der Waals surface area contributed by atoms with E-state index < -0.39 is 0 Å². The molecule has 6 nitrogen and oxygen atoms in total. The minimum atomic E-state index is -0.371. The van der Waals surface area contributed by atoms with Crippen LogP contribution in [0.4, 0.5) is 11.4 Å². The number of benzene rings is 3. The molecule has 156 valence electrons. The zero-order valence-corrected chi connectivity index (χ0v) is 17.6. The van der Waals surface area contributed by atoms with Crippen molar-refractivity contribution in [3.63, 3.8) is 0 Å². The predicted molar refractivity (Wildman–Crippen MR) is 121 cm³/mol. The molecule has 0 bridgehead atoms. The van der Waals surface area contributed by atoms with Crippen molar-refractivity contribution in [1.82, 2.24) is 10.9 Å². The number of anilines is 2. The molecular formula is C25H23N3O3. The highest BCUT2D eigenvalue weighted by atomic mass is 16.3. The van der Waals surface area contributed by atoms with Gasteiger partial charge in [0, 0.05) is 22.5 Å². The molecule has 6 heteroatoms. The van der Waals surface area contributed by atoms with E-state index in [0.29, 0.717) is 16.8 Å². The third-order valence-corrected chi connectivity index (χ3v) is 5.16. The van der Waals surface area contributed by atoms with Gasteiger partial charge in [-0.3, -0.25) is 19.9 Å². The molecular weight excluding hydrogens is 390 g/mol. The van der Waals surface area contributed by atoms with E-state index in [9.17, 15) is 14.7 Å². The summed E-state index contributed by atoms with van der Waals surface area (Å²) in [6.45, 7) is 5.77. The average Bonchev–Trinajstić information content (AvgIpc) is 3.03. The number of aryl methyl sites for hydroxylation is 2. The molecule has 2 amide bonds. The zero-order valence-electron chi connectivity index (χ0n) is 17.6. The number of phenols is 1. The van der Waals surface area contributed by atoms with Crippen LogP contribution in [0.25, 0.3) is 5.57 Å². The number of carbonyl (C=O) groups is 2. The van der Waals surface area contributed by atoms with Crippen molar-refractivity contribution in [2.45, 2.75) is 20.8 Å². The Bertz CT molecular complexity index is 1190. The lowest BCUT2D eigenvalue weighted by molar-refractivity contribution is -0.112. The minimum Gasteiger partial charge on any atom is -0.508 e. The Morgan fingerprint density at radius 1 is 0.903 bits per heavy atom. The number of hydrogen-bond acceptors (Lipinski definition) is 4. The molecule has 0 atom stereocenters. The van der Waals surface area contributed by atoms with Crippen LogP contribution in [-0.4, -0.2) is 16.9 Å². The zero-order chi connectivity index (χ0) is 22.1. The predicted octanol–water partition coefficient (Wildman–Crippen LogP) is 4.35. The van der Waals surface area contributed by atoms with Gasteiger partial charge in [-0.15, -0.1) is 0 Å². The number of fused-ring (bicyclic) bond motifs is 1. The summed E-state index contributed by atoms with van der Waals surface area (Å²) in [5, 5.41) is 9.38. The SMILES string of the molecule is C/C(NNC(=O)c1ccc(O)cc1)=C1/C(=O)N(c2cc(C)cc(C)c2)c2ccccc21. The quantitative estimate of drug-likeness (QED) is 0.439. The molecule has 1 aliphatic rings. The maximum atomic E-state index is 13.5. The van der Waals surface area contributed by atoms with Crippen molar-refractivity contribution in [2.75, 3.05) is 4.90 Å². The van der Waals surface area contributed by atoms with Crippen molar-refractivity contribution in [1.29, 1.82) is 0 Å². The summed E-state index contributed by atoms with van der Waals surface area (Å²) < 4.78 is 0. The average molecular weight is 413 g/mol. The van der Waals surface area contributed by atoms with Crippen molar-refractivity contribution in [3.05, 3.63) is 94.7 Å². The summed E-state index contributed by atoms with van der Waals surface area (Å²) >= 11 is 0. The number of para-hydroxylation sites is 1. The van der Waals surface area contributed by atoms with E-state index in [-0.39, 0.29) is 17.6 Å². The van der Waals surface area contributed by atoms with Gasteiger partial charge in [-0.25, -0.2) is 0 Å². The first kappa shape index (κ1) is 20.2. The van der Waals surface area contributed by atoms with Crippen LogP contribution in [0.1, 0.15) is 34.0 Å². The maximum absolute atomic E-state index is 13.5. The summed E-state index contributed by atoms with van der Waals surface area (Å²) in [5.74, 6) is -0.442. The van der Waals surface area contributed by atoms with Crippen LogP contribution < -0.4 is 15.8 Å². The van der Waals surface area contributed by atoms with Crippen LogP contribution in [0.2, 0.25) is 0 Å². The Balaban J connectivity index is 1.66. The van der Waals surface area contributed by atoms with E-state index in [1.807, 2.05) is 50.2 Å². The van der Waals surface area contributed by atoms with Crippen LogP contribution >= 0.6 is 0 Å². The van der Waals surface area contributed by atoms with Gasteiger partial charge in [0.15, 0.2) is 0 Å². The minimum absolute atomic E-state index is 0.0856. The molecule has 0 unspecified atom stereocenters. The molecule has 31 heavy (non-hydrogen) atoms. The number of hydrazine groups is 1. The van der Waals surface area contributed by atoms with Crippen molar-refractivity contribution < 1.29 is 14.7 Å². The largest absolute Gasteiger partial charge is 0.508 e. The highest BCUT2D eigenvalue weighted by molar-refractivity contribution is 6.35. The number of nitrogens with one attached hydrogen (secondary N) is 2. The smallest absolute Gasteiger partial charge is 0.269 e. The molecule has 0 aromatic heterocycles. The van der Waals surface area contributed by atoms with Crippen molar-refractivity contribution in [2.24, 2.45) is 0 Å². The lowest BCUT2D eigenvalue weighted by Crippen LogP contribution is -2.37. The number of allylic oxidation sites excluding steroid dienone is 1. The van der Waals surface area contributed by atoms with Crippen molar-refractivity contribution in [3.8, 4) is 5.75 Å². The first-order valence-electron chi connectivity index (χ1n) is 9.93.